The van der Waals surface area contributed by atoms with E-state index in [1.165, 1.54) is 4.90 Å². The lowest BCUT2D eigenvalue weighted by Crippen LogP contribution is -2.44. The molecule has 5 nitrogen and oxygen atoms in total. The van der Waals surface area contributed by atoms with Gasteiger partial charge in [0.2, 0.25) is 0 Å². The van der Waals surface area contributed by atoms with E-state index < -0.39 is 6.09 Å². The molecule has 1 atom stereocenters. The highest BCUT2D eigenvalue weighted by Crippen LogP contribution is 2.27. The molecule has 21 heavy (non-hydrogen) atoms. The highest BCUT2D eigenvalue weighted by Gasteiger charge is 2.38. The van der Waals surface area contributed by atoms with Crippen molar-refractivity contribution < 1.29 is 14.3 Å². The van der Waals surface area contributed by atoms with Gasteiger partial charge in [-0.15, -0.1) is 0 Å². The maximum absolute atomic E-state index is 12.5. The monoisotopic (exact) mass is 288 g/mol. The topological polar surface area (TPSA) is 49.9 Å². The SMILES string of the molecule is O=C1OC(c2ccccc2)CN1C(=O)N1CCCCCC1. The molecule has 2 heterocycles. The maximum Gasteiger partial charge on any atom is 0.418 e. The van der Waals surface area contributed by atoms with E-state index in [1.54, 1.807) is 4.90 Å². The van der Waals surface area contributed by atoms with Crippen LogP contribution in [0.2, 0.25) is 0 Å². The molecule has 0 aromatic heterocycles. The molecule has 2 aliphatic heterocycles. The van der Waals surface area contributed by atoms with Gasteiger partial charge in [-0.05, 0) is 18.4 Å². The van der Waals surface area contributed by atoms with Crippen LogP contribution in [0.1, 0.15) is 37.4 Å². The molecule has 0 bridgehead atoms. The molecule has 2 saturated heterocycles. The first kappa shape index (κ1) is 13.9. The molecule has 1 aromatic carbocycles. The lowest BCUT2D eigenvalue weighted by molar-refractivity contribution is 0.129. The number of carbonyl (C=O) groups excluding carboxylic acids is 2. The Morgan fingerprint density at radius 3 is 2.38 bits per heavy atom. The van der Waals surface area contributed by atoms with Crippen molar-refractivity contribution in [2.24, 2.45) is 0 Å². The minimum atomic E-state index is -0.530. The number of urea groups is 1. The van der Waals surface area contributed by atoms with Crippen LogP contribution < -0.4 is 0 Å². The number of amides is 3. The summed E-state index contributed by atoms with van der Waals surface area (Å²) in [7, 11) is 0. The van der Waals surface area contributed by atoms with Gasteiger partial charge in [-0.2, -0.15) is 0 Å². The van der Waals surface area contributed by atoms with Crippen LogP contribution in [0.15, 0.2) is 30.3 Å². The van der Waals surface area contributed by atoms with Crippen LogP contribution in [0, 0.1) is 0 Å². The minimum absolute atomic E-state index is 0.208. The van der Waals surface area contributed by atoms with Gasteiger partial charge in [-0.3, -0.25) is 0 Å². The van der Waals surface area contributed by atoms with Gasteiger partial charge in [0.25, 0.3) is 0 Å². The van der Waals surface area contributed by atoms with Crippen LogP contribution >= 0.6 is 0 Å². The number of likely N-dealkylation sites (tertiary alicyclic amines) is 1. The molecule has 1 unspecified atom stereocenters. The third-order valence-electron chi connectivity index (χ3n) is 4.09. The summed E-state index contributed by atoms with van der Waals surface area (Å²) in [6.45, 7) is 1.77. The summed E-state index contributed by atoms with van der Waals surface area (Å²) in [5.74, 6) is 0. The fourth-order valence-electron chi connectivity index (χ4n) is 2.89. The minimum Gasteiger partial charge on any atom is -0.439 e. The summed E-state index contributed by atoms with van der Waals surface area (Å²) < 4.78 is 5.34. The molecule has 3 rings (SSSR count). The second-order valence-electron chi connectivity index (χ2n) is 5.58. The number of rotatable bonds is 1. The lowest BCUT2D eigenvalue weighted by Gasteiger charge is -2.24. The second kappa shape index (κ2) is 6.16. The van der Waals surface area contributed by atoms with E-state index in [0.29, 0.717) is 6.54 Å². The normalized spacial score (nSPS) is 22.9. The molecule has 112 valence electrons. The van der Waals surface area contributed by atoms with Gasteiger partial charge in [-0.25, -0.2) is 14.5 Å². The third-order valence-corrected chi connectivity index (χ3v) is 4.09. The van der Waals surface area contributed by atoms with Crippen molar-refractivity contribution in [2.75, 3.05) is 19.6 Å². The number of ether oxygens (including phenoxy) is 1. The van der Waals surface area contributed by atoms with Crippen LogP contribution in [0.3, 0.4) is 0 Å². The Kier molecular flexibility index (Phi) is 4.08. The van der Waals surface area contributed by atoms with Crippen molar-refractivity contribution in [3.05, 3.63) is 35.9 Å². The highest BCUT2D eigenvalue weighted by molar-refractivity contribution is 5.92. The molecule has 2 fully saturated rings. The standard InChI is InChI=1S/C16H20N2O3/c19-15(17-10-6-1-2-7-11-17)18-12-14(21-16(18)20)13-8-4-3-5-9-13/h3-5,8-9,14H,1-2,6-7,10-12H2. The van der Waals surface area contributed by atoms with Crippen LogP contribution in [0.4, 0.5) is 9.59 Å². The van der Waals surface area contributed by atoms with Gasteiger partial charge in [0, 0.05) is 13.1 Å². The Morgan fingerprint density at radius 1 is 1.05 bits per heavy atom. The van der Waals surface area contributed by atoms with Crippen LogP contribution in [0.5, 0.6) is 0 Å². The van der Waals surface area contributed by atoms with E-state index in [4.69, 9.17) is 4.74 Å². The molecule has 0 radical (unpaired) electrons. The fraction of sp³-hybridized carbons (Fsp3) is 0.500. The number of benzene rings is 1. The summed E-state index contributed by atoms with van der Waals surface area (Å²) in [4.78, 5) is 27.5. The van der Waals surface area contributed by atoms with Gasteiger partial charge in [0.15, 0.2) is 0 Å². The predicted octanol–water partition coefficient (Wildman–Crippen LogP) is 3.18. The molecule has 1 aromatic rings. The van der Waals surface area contributed by atoms with Gasteiger partial charge in [0.1, 0.15) is 6.10 Å². The smallest absolute Gasteiger partial charge is 0.418 e. The summed E-state index contributed by atoms with van der Waals surface area (Å²) in [5, 5.41) is 0. The predicted molar refractivity (Wildman–Crippen MR) is 77.8 cm³/mol. The molecule has 3 amide bonds. The van der Waals surface area contributed by atoms with Gasteiger partial charge in [-0.1, -0.05) is 43.2 Å². The van der Waals surface area contributed by atoms with E-state index >= 15 is 0 Å². The van der Waals surface area contributed by atoms with Crippen molar-refractivity contribution in [1.29, 1.82) is 0 Å². The maximum atomic E-state index is 12.5. The van der Waals surface area contributed by atoms with Crippen molar-refractivity contribution in [3.63, 3.8) is 0 Å². The Balaban J connectivity index is 1.68. The number of hydrogen-bond donors (Lipinski definition) is 0. The van der Waals surface area contributed by atoms with Crippen LogP contribution in [-0.4, -0.2) is 41.6 Å². The molecule has 2 aliphatic rings. The van der Waals surface area contributed by atoms with E-state index in [-0.39, 0.29) is 12.1 Å². The average molecular weight is 288 g/mol. The Bertz CT molecular complexity index is 510. The van der Waals surface area contributed by atoms with Crippen molar-refractivity contribution in [2.45, 2.75) is 31.8 Å². The van der Waals surface area contributed by atoms with E-state index in [2.05, 4.69) is 0 Å². The van der Waals surface area contributed by atoms with Crippen molar-refractivity contribution >= 4 is 12.1 Å². The lowest BCUT2D eigenvalue weighted by atomic mass is 10.1. The van der Waals surface area contributed by atoms with Crippen LogP contribution in [-0.2, 0) is 4.74 Å². The summed E-state index contributed by atoms with van der Waals surface area (Å²) in [6.07, 6.45) is 3.45. The molecule has 0 N–H and O–H groups in total. The average Bonchev–Trinajstić information content (AvgIpc) is 2.74. The quantitative estimate of drug-likeness (QED) is 0.797. The third kappa shape index (κ3) is 3.01. The Labute approximate surface area is 124 Å². The summed E-state index contributed by atoms with van der Waals surface area (Å²) >= 11 is 0. The summed E-state index contributed by atoms with van der Waals surface area (Å²) in [5.41, 5.74) is 0.928. The fourth-order valence-corrected chi connectivity index (χ4v) is 2.89. The van der Waals surface area contributed by atoms with E-state index in [0.717, 1.165) is 44.3 Å². The van der Waals surface area contributed by atoms with Crippen molar-refractivity contribution in [1.82, 2.24) is 9.80 Å². The Morgan fingerprint density at radius 2 is 1.71 bits per heavy atom. The first-order chi connectivity index (χ1) is 10.3. The number of imide groups is 1. The highest BCUT2D eigenvalue weighted by atomic mass is 16.6. The molecule has 0 aliphatic carbocycles. The number of cyclic esters (lactones) is 1. The van der Waals surface area contributed by atoms with Crippen LogP contribution in [0.25, 0.3) is 0 Å². The molecule has 5 heteroatoms. The number of nitrogens with zero attached hydrogens (tertiary/aromatic N) is 2. The molecule has 0 saturated carbocycles. The zero-order valence-corrected chi connectivity index (χ0v) is 12.0. The molecular weight excluding hydrogens is 268 g/mol. The first-order valence-corrected chi connectivity index (χ1v) is 7.58. The second-order valence-corrected chi connectivity index (χ2v) is 5.58. The number of hydrogen-bond acceptors (Lipinski definition) is 3. The van der Waals surface area contributed by atoms with Gasteiger partial charge >= 0.3 is 12.1 Å². The van der Waals surface area contributed by atoms with E-state index in [1.807, 2.05) is 30.3 Å². The molecule has 0 spiro atoms. The van der Waals surface area contributed by atoms with Gasteiger partial charge < -0.3 is 9.64 Å². The summed E-state index contributed by atoms with van der Waals surface area (Å²) in [6, 6.07) is 9.35. The molecular formula is C16H20N2O3. The van der Waals surface area contributed by atoms with Crippen molar-refractivity contribution in [3.8, 4) is 0 Å². The van der Waals surface area contributed by atoms with Gasteiger partial charge in [0.05, 0.1) is 6.54 Å². The van der Waals surface area contributed by atoms with E-state index in [9.17, 15) is 9.59 Å². The number of carbonyl (C=O) groups is 2. The zero-order valence-electron chi connectivity index (χ0n) is 12.0. The zero-order chi connectivity index (χ0) is 14.7. The Hall–Kier alpha value is -2.04. The largest absolute Gasteiger partial charge is 0.439 e. The first-order valence-electron chi connectivity index (χ1n) is 7.58.